The number of hydrogen-bond donors (Lipinski definition) is 1. The van der Waals surface area contributed by atoms with Crippen LogP contribution in [0.3, 0.4) is 0 Å². The van der Waals surface area contributed by atoms with Crippen molar-refractivity contribution in [1.29, 1.82) is 0 Å². The fraction of sp³-hybridized carbons (Fsp3) is 0.500. The molecule has 0 atom stereocenters. The lowest BCUT2D eigenvalue weighted by atomic mass is 10.3. The van der Waals surface area contributed by atoms with Gasteiger partial charge in [-0.2, -0.15) is 0 Å². The Hall–Kier alpha value is -1.89. The highest BCUT2D eigenvalue weighted by molar-refractivity contribution is 7.12. The summed E-state index contributed by atoms with van der Waals surface area (Å²) in [5.41, 5.74) is 0. The van der Waals surface area contributed by atoms with Crippen LogP contribution in [0.5, 0.6) is 0 Å². The molecular formula is C14H18N2O4S. The maximum absolute atomic E-state index is 12.2. The minimum atomic E-state index is -1.03. The van der Waals surface area contributed by atoms with E-state index in [0.29, 0.717) is 17.3 Å². The summed E-state index contributed by atoms with van der Waals surface area (Å²) in [6.45, 7) is 0.0548. The molecule has 1 aromatic heterocycles. The third-order valence-corrected chi connectivity index (χ3v) is 4.16. The molecule has 114 valence electrons. The highest BCUT2D eigenvalue weighted by Crippen LogP contribution is 2.29. The Labute approximate surface area is 127 Å². The van der Waals surface area contributed by atoms with Crippen molar-refractivity contribution < 1.29 is 19.5 Å². The maximum atomic E-state index is 12.2. The summed E-state index contributed by atoms with van der Waals surface area (Å²) in [6, 6.07) is 3.48. The number of carboxylic acids is 1. The molecule has 1 aromatic rings. The molecule has 1 fully saturated rings. The molecule has 0 unspecified atom stereocenters. The number of carbonyl (C=O) groups excluding carboxylic acids is 2. The molecule has 2 amide bonds. The molecule has 1 heterocycles. The van der Waals surface area contributed by atoms with Gasteiger partial charge in [-0.25, -0.2) is 0 Å². The zero-order valence-corrected chi connectivity index (χ0v) is 12.6. The first-order valence-electron chi connectivity index (χ1n) is 6.76. The largest absolute Gasteiger partial charge is 0.480 e. The number of nitrogens with zero attached hydrogens (tertiary/aromatic N) is 2. The monoisotopic (exact) mass is 310 g/mol. The van der Waals surface area contributed by atoms with Crippen LogP contribution in [0, 0.1) is 5.92 Å². The van der Waals surface area contributed by atoms with Crippen LogP contribution in [0.25, 0.3) is 0 Å². The lowest BCUT2D eigenvalue weighted by Gasteiger charge is -2.24. The number of rotatable bonds is 7. The third-order valence-electron chi connectivity index (χ3n) is 3.31. The first-order chi connectivity index (χ1) is 9.97. The Morgan fingerprint density at radius 3 is 2.57 bits per heavy atom. The van der Waals surface area contributed by atoms with Crippen LogP contribution in [-0.4, -0.2) is 59.4 Å². The second-order valence-electron chi connectivity index (χ2n) is 5.25. The van der Waals surface area contributed by atoms with Gasteiger partial charge in [-0.05, 0) is 30.2 Å². The summed E-state index contributed by atoms with van der Waals surface area (Å²) in [5.74, 6) is -1.17. The van der Waals surface area contributed by atoms with Gasteiger partial charge in [0, 0.05) is 13.6 Å². The van der Waals surface area contributed by atoms with Gasteiger partial charge in [-0.1, -0.05) is 6.07 Å². The molecule has 0 spiro atoms. The van der Waals surface area contributed by atoms with Gasteiger partial charge in [0.2, 0.25) is 5.91 Å². The molecule has 1 aliphatic rings. The maximum Gasteiger partial charge on any atom is 0.323 e. The zero-order valence-electron chi connectivity index (χ0n) is 11.8. The van der Waals surface area contributed by atoms with Crippen molar-refractivity contribution in [3.8, 4) is 0 Å². The Bertz CT molecular complexity index is 525. The molecule has 0 aromatic carbocycles. The number of amides is 2. The number of likely N-dealkylation sites (N-methyl/N-ethyl adjacent to an activating group) is 1. The van der Waals surface area contributed by atoms with Gasteiger partial charge in [0.05, 0.1) is 11.4 Å². The van der Waals surface area contributed by atoms with E-state index in [2.05, 4.69) is 0 Å². The normalized spacial score (nSPS) is 13.8. The lowest BCUT2D eigenvalue weighted by Crippen LogP contribution is -2.44. The van der Waals surface area contributed by atoms with Gasteiger partial charge in [-0.15, -0.1) is 11.3 Å². The molecule has 21 heavy (non-hydrogen) atoms. The summed E-state index contributed by atoms with van der Waals surface area (Å²) in [6.07, 6.45) is 2.07. The van der Waals surface area contributed by atoms with E-state index >= 15 is 0 Å². The first kappa shape index (κ1) is 15.5. The van der Waals surface area contributed by atoms with Crippen molar-refractivity contribution in [3.63, 3.8) is 0 Å². The predicted molar refractivity (Wildman–Crippen MR) is 78.2 cm³/mol. The van der Waals surface area contributed by atoms with Crippen LogP contribution < -0.4 is 0 Å². The Morgan fingerprint density at radius 1 is 1.33 bits per heavy atom. The number of carbonyl (C=O) groups is 3. The van der Waals surface area contributed by atoms with Crippen LogP contribution in [0.1, 0.15) is 22.5 Å². The van der Waals surface area contributed by atoms with Crippen LogP contribution in [0.4, 0.5) is 0 Å². The molecule has 0 saturated heterocycles. The average molecular weight is 310 g/mol. The molecule has 1 N–H and O–H groups in total. The average Bonchev–Trinajstić information content (AvgIpc) is 3.07. The number of aliphatic carboxylic acids is 1. The minimum absolute atomic E-state index is 0.100. The smallest absolute Gasteiger partial charge is 0.323 e. The van der Waals surface area contributed by atoms with E-state index in [4.69, 9.17) is 5.11 Å². The highest BCUT2D eigenvalue weighted by atomic mass is 32.1. The Kier molecular flexibility index (Phi) is 4.95. The zero-order chi connectivity index (χ0) is 15.4. The first-order valence-corrected chi connectivity index (χ1v) is 7.64. The van der Waals surface area contributed by atoms with Gasteiger partial charge in [0.15, 0.2) is 0 Å². The van der Waals surface area contributed by atoms with Gasteiger partial charge in [-0.3, -0.25) is 14.4 Å². The second kappa shape index (κ2) is 6.71. The molecular weight excluding hydrogens is 292 g/mol. The quantitative estimate of drug-likeness (QED) is 0.819. The fourth-order valence-electron chi connectivity index (χ4n) is 1.99. The van der Waals surface area contributed by atoms with E-state index in [1.165, 1.54) is 21.1 Å². The van der Waals surface area contributed by atoms with E-state index in [0.717, 1.165) is 12.8 Å². The van der Waals surface area contributed by atoms with Crippen LogP contribution in [0.15, 0.2) is 17.5 Å². The molecule has 7 heteroatoms. The minimum Gasteiger partial charge on any atom is -0.480 e. The van der Waals surface area contributed by atoms with Gasteiger partial charge in [0.1, 0.15) is 6.54 Å². The number of carboxylic acid groups (broad SMARTS) is 1. The van der Waals surface area contributed by atoms with Gasteiger partial charge >= 0.3 is 5.97 Å². The van der Waals surface area contributed by atoms with E-state index in [-0.39, 0.29) is 24.9 Å². The van der Waals surface area contributed by atoms with Crippen molar-refractivity contribution >= 4 is 29.1 Å². The van der Waals surface area contributed by atoms with Crippen LogP contribution in [0.2, 0.25) is 0 Å². The molecule has 1 saturated carbocycles. The SMILES string of the molecule is CN(CC(=O)N(CC(=O)O)CC1CC1)C(=O)c1cccs1. The van der Waals surface area contributed by atoms with Crippen molar-refractivity contribution in [2.45, 2.75) is 12.8 Å². The molecule has 0 bridgehead atoms. The highest BCUT2D eigenvalue weighted by Gasteiger charge is 2.29. The lowest BCUT2D eigenvalue weighted by molar-refractivity contribution is -0.144. The second-order valence-corrected chi connectivity index (χ2v) is 6.20. The third kappa shape index (κ3) is 4.56. The molecule has 6 nitrogen and oxygen atoms in total. The molecule has 0 aliphatic heterocycles. The van der Waals surface area contributed by atoms with Crippen molar-refractivity contribution in [2.75, 3.05) is 26.7 Å². The van der Waals surface area contributed by atoms with Gasteiger partial charge in [0.25, 0.3) is 5.91 Å². The van der Waals surface area contributed by atoms with E-state index in [1.807, 2.05) is 0 Å². The van der Waals surface area contributed by atoms with E-state index < -0.39 is 5.97 Å². The Morgan fingerprint density at radius 2 is 2.05 bits per heavy atom. The summed E-state index contributed by atoms with van der Waals surface area (Å²) in [7, 11) is 1.55. The fourth-order valence-corrected chi connectivity index (χ4v) is 2.71. The predicted octanol–water partition coefficient (Wildman–Crippen LogP) is 1.14. The van der Waals surface area contributed by atoms with Crippen molar-refractivity contribution in [2.24, 2.45) is 5.92 Å². The van der Waals surface area contributed by atoms with Gasteiger partial charge < -0.3 is 14.9 Å². The Balaban J connectivity index is 1.93. The topological polar surface area (TPSA) is 77.9 Å². The molecule has 2 rings (SSSR count). The summed E-state index contributed by atoms with van der Waals surface area (Å²) < 4.78 is 0. The standard InChI is InChI=1S/C14H18N2O4S/c1-15(14(20)11-3-2-6-21-11)8-12(17)16(9-13(18)19)7-10-4-5-10/h2-3,6,10H,4-5,7-9H2,1H3,(H,18,19). The summed E-state index contributed by atoms with van der Waals surface area (Å²) in [5, 5.41) is 10.7. The summed E-state index contributed by atoms with van der Waals surface area (Å²) in [4.78, 5) is 38.3. The van der Waals surface area contributed by atoms with E-state index in [1.54, 1.807) is 24.6 Å². The number of thiophene rings is 1. The van der Waals surface area contributed by atoms with Crippen LogP contribution in [-0.2, 0) is 9.59 Å². The molecule has 0 radical (unpaired) electrons. The van der Waals surface area contributed by atoms with Crippen molar-refractivity contribution in [1.82, 2.24) is 9.80 Å². The summed E-state index contributed by atoms with van der Waals surface area (Å²) >= 11 is 1.32. The molecule has 1 aliphatic carbocycles. The number of hydrogen-bond acceptors (Lipinski definition) is 4. The van der Waals surface area contributed by atoms with Crippen molar-refractivity contribution in [3.05, 3.63) is 22.4 Å². The van der Waals surface area contributed by atoms with E-state index in [9.17, 15) is 14.4 Å². The van der Waals surface area contributed by atoms with Crippen LogP contribution >= 0.6 is 11.3 Å².